The van der Waals surface area contributed by atoms with E-state index < -0.39 is 0 Å². The molecule has 4 unspecified atom stereocenters. The number of hydrogen-bond donors (Lipinski definition) is 1. The van der Waals surface area contributed by atoms with E-state index in [2.05, 4.69) is 46.9 Å². The molecule has 0 aromatic rings. The molecule has 3 heteroatoms. The maximum atomic E-state index is 12.1. The Balaban J connectivity index is 2.40. The van der Waals surface area contributed by atoms with Crippen molar-refractivity contribution in [2.75, 3.05) is 0 Å². The van der Waals surface area contributed by atoms with Gasteiger partial charge in [0.25, 0.3) is 0 Å². The minimum absolute atomic E-state index is 0.0447. The molecule has 2 fully saturated rings. The van der Waals surface area contributed by atoms with E-state index in [9.17, 15) is 9.59 Å². The largest absolute Gasteiger partial charge is 0.296 e. The van der Waals surface area contributed by atoms with Crippen molar-refractivity contribution in [1.29, 1.82) is 0 Å². The molecular weight excluding hydrogens is 226 g/mol. The van der Waals surface area contributed by atoms with Gasteiger partial charge in [0.15, 0.2) is 0 Å². The fourth-order valence-corrected chi connectivity index (χ4v) is 3.83. The Morgan fingerprint density at radius 3 is 1.44 bits per heavy atom. The smallest absolute Gasteiger partial charge is 0.230 e. The lowest BCUT2D eigenvalue weighted by Crippen LogP contribution is -2.33. The number of imide groups is 1. The molecule has 2 amide bonds. The molecule has 2 aliphatic rings. The normalized spacial score (nSPS) is 36.8. The summed E-state index contributed by atoms with van der Waals surface area (Å²) in [6, 6.07) is 0. The molecule has 1 N–H and O–H groups in total. The number of nitrogens with one attached hydrogen (secondary N) is 1. The molecule has 1 heterocycles. The second kappa shape index (κ2) is 3.82. The second-order valence-electron chi connectivity index (χ2n) is 8.09. The van der Waals surface area contributed by atoms with Crippen molar-refractivity contribution in [3.63, 3.8) is 0 Å². The third-order valence-corrected chi connectivity index (χ3v) is 4.84. The first-order valence-corrected chi connectivity index (χ1v) is 6.88. The summed E-state index contributed by atoms with van der Waals surface area (Å²) in [5.41, 5.74) is 0.149. The van der Waals surface area contributed by atoms with Crippen molar-refractivity contribution in [3.05, 3.63) is 0 Å². The predicted molar refractivity (Wildman–Crippen MR) is 70.6 cm³/mol. The van der Waals surface area contributed by atoms with Gasteiger partial charge in [-0.3, -0.25) is 14.9 Å². The van der Waals surface area contributed by atoms with Crippen LogP contribution in [0.15, 0.2) is 0 Å². The lowest BCUT2D eigenvalue weighted by molar-refractivity contribution is -0.128. The van der Waals surface area contributed by atoms with E-state index in [-0.39, 0.29) is 34.5 Å². The monoisotopic (exact) mass is 251 g/mol. The highest BCUT2D eigenvalue weighted by atomic mass is 16.2. The lowest BCUT2D eigenvalue weighted by atomic mass is 9.73. The fourth-order valence-electron chi connectivity index (χ4n) is 3.83. The van der Waals surface area contributed by atoms with E-state index in [4.69, 9.17) is 0 Å². The van der Waals surface area contributed by atoms with Gasteiger partial charge in [0, 0.05) is 0 Å². The summed E-state index contributed by atoms with van der Waals surface area (Å²) < 4.78 is 0. The number of carbonyl (C=O) groups excluding carboxylic acids is 2. The van der Waals surface area contributed by atoms with Crippen molar-refractivity contribution in [3.8, 4) is 0 Å². The molecule has 0 bridgehead atoms. The van der Waals surface area contributed by atoms with Crippen molar-refractivity contribution >= 4 is 11.8 Å². The molecule has 0 spiro atoms. The van der Waals surface area contributed by atoms with Gasteiger partial charge in [-0.1, -0.05) is 41.5 Å². The van der Waals surface area contributed by atoms with Gasteiger partial charge in [-0.15, -0.1) is 0 Å². The summed E-state index contributed by atoms with van der Waals surface area (Å²) >= 11 is 0. The van der Waals surface area contributed by atoms with E-state index >= 15 is 0 Å². The molecular formula is C15H25NO2. The van der Waals surface area contributed by atoms with Crippen LogP contribution in [0.5, 0.6) is 0 Å². The third kappa shape index (κ3) is 1.98. The third-order valence-electron chi connectivity index (χ3n) is 4.84. The number of rotatable bonds is 0. The Kier molecular flexibility index (Phi) is 2.88. The quantitative estimate of drug-likeness (QED) is 0.673. The van der Waals surface area contributed by atoms with Gasteiger partial charge in [-0.25, -0.2) is 0 Å². The first-order valence-electron chi connectivity index (χ1n) is 6.88. The van der Waals surface area contributed by atoms with Gasteiger partial charge in [-0.2, -0.15) is 0 Å². The molecule has 3 nitrogen and oxygen atoms in total. The van der Waals surface area contributed by atoms with E-state index in [1.807, 2.05) is 0 Å². The first-order chi connectivity index (χ1) is 8.03. The molecule has 2 rings (SSSR count). The maximum absolute atomic E-state index is 12.1. The molecule has 1 aliphatic heterocycles. The van der Waals surface area contributed by atoms with Crippen molar-refractivity contribution in [1.82, 2.24) is 5.32 Å². The van der Waals surface area contributed by atoms with Crippen LogP contribution in [0.3, 0.4) is 0 Å². The average molecular weight is 251 g/mol. The van der Waals surface area contributed by atoms with Crippen LogP contribution in [0.4, 0.5) is 0 Å². The van der Waals surface area contributed by atoms with Crippen LogP contribution in [0.2, 0.25) is 0 Å². The van der Waals surface area contributed by atoms with Crippen LogP contribution >= 0.6 is 0 Å². The molecule has 0 aromatic carbocycles. The fraction of sp³-hybridized carbons (Fsp3) is 0.867. The molecule has 1 saturated carbocycles. The summed E-state index contributed by atoms with van der Waals surface area (Å²) in [6.45, 7) is 13.1. The zero-order chi connectivity index (χ0) is 13.9. The molecule has 1 aliphatic carbocycles. The Morgan fingerprint density at radius 2 is 1.17 bits per heavy atom. The zero-order valence-electron chi connectivity index (χ0n) is 12.3. The summed E-state index contributed by atoms with van der Waals surface area (Å²) in [5.74, 6) is 0.299. The highest BCUT2D eigenvalue weighted by molar-refractivity contribution is 6.05. The van der Waals surface area contributed by atoms with Gasteiger partial charge in [-0.05, 0) is 29.1 Å². The summed E-state index contributed by atoms with van der Waals surface area (Å²) in [6.07, 6.45) is 0.988. The molecule has 0 aromatic heterocycles. The Bertz CT molecular complexity index is 350. The predicted octanol–water partition coefficient (Wildman–Crippen LogP) is 2.60. The average Bonchev–Trinajstić information content (AvgIpc) is 2.64. The van der Waals surface area contributed by atoms with E-state index in [0.717, 1.165) is 6.42 Å². The minimum Gasteiger partial charge on any atom is -0.296 e. The van der Waals surface area contributed by atoms with Crippen LogP contribution in [0.1, 0.15) is 48.0 Å². The van der Waals surface area contributed by atoms with Crippen molar-refractivity contribution in [2.45, 2.75) is 48.0 Å². The standard InChI is InChI=1S/C15H25NO2/c1-14(2,3)8-7-9(15(4,5)6)11-10(8)12(17)16-13(11)18/h8-11H,7H2,1-6H3,(H,16,17,18). The van der Waals surface area contributed by atoms with Gasteiger partial charge in [0.05, 0.1) is 11.8 Å². The maximum Gasteiger partial charge on any atom is 0.230 e. The van der Waals surface area contributed by atoms with E-state index in [0.29, 0.717) is 11.8 Å². The first kappa shape index (κ1) is 13.6. The molecule has 0 radical (unpaired) electrons. The highest BCUT2D eigenvalue weighted by Gasteiger charge is 2.59. The number of carbonyl (C=O) groups is 2. The minimum atomic E-state index is -0.110. The van der Waals surface area contributed by atoms with Crippen molar-refractivity contribution in [2.24, 2.45) is 34.5 Å². The van der Waals surface area contributed by atoms with Gasteiger partial charge in [0.2, 0.25) is 11.8 Å². The van der Waals surface area contributed by atoms with Crippen LogP contribution in [0, 0.1) is 34.5 Å². The van der Waals surface area contributed by atoms with Crippen molar-refractivity contribution < 1.29 is 9.59 Å². The molecule has 1 saturated heterocycles. The Morgan fingerprint density at radius 1 is 0.833 bits per heavy atom. The topological polar surface area (TPSA) is 46.2 Å². The van der Waals surface area contributed by atoms with Gasteiger partial charge >= 0.3 is 0 Å². The highest BCUT2D eigenvalue weighted by Crippen LogP contribution is 2.56. The molecule has 4 atom stereocenters. The second-order valence-corrected chi connectivity index (χ2v) is 8.09. The summed E-state index contributed by atoms with van der Waals surface area (Å²) in [5, 5.41) is 2.55. The lowest BCUT2D eigenvalue weighted by Gasteiger charge is -2.32. The number of amides is 2. The van der Waals surface area contributed by atoms with Gasteiger partial charge in [0.1, 0.15) is 0 Å². The van der Waals surface area contributed by atoms with Crippen LogP contribution in [-0.2, 0) is 9.59 Å². The van der Waals surface area contributed by atoms with Crippen LogP contribution in [-0.4, -0.2) is 11.8 Å². The SMILES string of the molecule is CC(C)(C)C1CC(C(C)(C)C)C2C(=O)NC(=O)C21. The van der Waals surface area contributed by atoms with Crippen LogP contribution < -0.4 is 5.32 Å². The van der Waals surface area contributed by atoms with E-state index in [1.165, 1.54) is 0 Å². The number of hydrogen-bond acceptors (Lipinski definition) is 2. The summed E-state index contributed by atoms with van der Waals surface area (Å²) in [4.78, 5) is 24.1. The molecule has 18 heavy (non-hydrogen) atoms. The van der Waals surface area contributed by atoms with E-state index in [1.54, 1.807) is 0 Å². The Labute approximate surface area is 110 Å². The summed E-state index contributed by atoms with van der Waals surface area (Å²) in [7, 11) is 0. The number of fused-ring (bicyclic) bond motifs is 1. The zero-order valence-corrected chi connectivity index (χ0v) is 12.3. The van der Waals surface area contributed by atoms with Gasteiger partial charge < -0.3 is 0 Å². The molecule has 102 valence electrons. The Hall–Kier alpha value is -0.860. The van der Waals surface area contributed by atoms with Crippen LogP contribution in [0.25, 0.3) is 0 Å².